The minimum absolute atomic E-state index is 0. The van der Waals surface area contributed by atoms with Crippen LogP contribution in [0.3, 0.4) is 0 Å². The van der Waals surface area contributed by atoms with Crippen molar-refractivity contribution in [2.45, 2.75) is 39.9 Å². The molecule has 9 heteroatoms. The zero-order chi connectivity index (χ0) is 20.6. The number of imidazole rings is 1. The zero-order valence-corrected chi connectivity index (χ0v) is 21.6. The highest BCUT2D eigenvalue weighted by Gasteiger charge is 2.24. The Morgan fingerprint density at radius 3 is 2.67 bits per heavy atom. The molecule has 1 fully saturated rings. The van der Waals surface area contributed by atoms with Gasteiger partial charge in [-0.1, -0.05) is 13.8 Å². The lowest BCUT2D eigenvalue weighted by molar-refractivity contribution is 0.0177. The van der Waals surface area contributed by atoms with Gasteiger partial charge >= 0.3 is 0 Å². The smallest absolute Gasteiger partial charge is 0.191 e. The Balaban J connectivity index is 0.00000320. The summed E-state index contributed by atoms with van der Waals surface area (Å²) in [5, 5.41) is 6.94. The van der Waals surface area contributed by atoms with Gasteiger partial charge in [0.05, 0.1) is 25.8 Å². The molecule has 2 aromatic rings. The van der Waals surface area contributed by atoms with Gasteiger partial charge in [-0.3, -0.25) is 9.89 Å². The minimum Gasteiger partial charge on any atom is -0.379 e. The van der Waals surface area contributed by atoms with Gasteiger partial charge in [0.15, 0.2) is 5.96 Å². The van der Waals surface area contributed by atoms with Crippen LogP contribution in [0.25, 0.3) is 0 Å². The number of aromatic nitrogens is 2. The normalized spacial score (nSPS) is 16.4. The molecule has 2 N–H and O–H groups in total. The largest absolute Gasteiger partial charge is 0.379 e. The van der Waals surface area contributed by atoms with E-state index in [1.807, 2.05) is 30.8 Å². The molecule has 0 aromatic carbocycles. The highest BCUT2D eigenvalue weighted by Crippen LogP contribution is 2.27. The lowest BCUT2D eigenvalue weighted by atomic mass is 10.2. The van der Waals surface area contributed by atoms with E-state index in [9.17, 15) is 0 Å². The molecule has 7 nitrogen and oxygen atoms in total. The number of guanidine groups is 1. The summed E-state index contributed by atoms with van der Waals surface area (Å²) in [6.07, 6.45) is 3.91. The second-order valence-corrected chi connectivity index (χ2v) is 9.13. The predicted molar refractivity (Wildman–Crippen MR) is 135 cm³/mol. The van der Waals surface area contributed by atoms with E-state index in [1.165, 1.54) is 9.75 Å². The number of nitrogens with one attached hydrogen (secondary N) is 2. The third kappa shape index (κ3) is 7.21. The summed E-state index contributed by atoms with van der Waals surface area (Å²) in [5.74, 6) is 2.42. The summed E-state index contributed by atoms with van der Waals surface area (Å²) in [5.41, 5.74) is 0. The van der Waals surface area contributed by atoms with Crippen LogP contribution in [-0.2, 0) is 17.8 Å². The van der Waals surface area contributed by atoms with E-state index < -0.39 is 0 Å². The monoisotopic (exact) mass is 546 g/mol. The lowest BCUT2D eigenvalue weighted by Crippen LogP contribution is -2.46. The fraction of sp³-hybridized carbons (Fsp3) is 0.619. The Kier molecular flexibility index (Phi) is 10.6. The summed E-state index contributed by atoms with van der Waals surface area (Å²) in [4.78, 5) is 14.1. The number of hydrogen-bond acceptors (Lipinski definition) is 5. The average Bonchev–Trinajstić information content (AvgIpc) is 3.33. The van der Waals surface area contributed by atoms with Crippen molar-refractivity contribution in [1.82, 2.24) is 25.1 Å². The SMILES string of the molecule is CN=C(NCc1nccn1CC(C)C)NCC(c1ccc(C)s1)N1CCOCC1.I. The van der Waals surface area contributed by atoms with Crippen molar-refractivity contribution in [3.8, 4) is 0 Å². The lowest BCUT2D eigenvalue weighted by Gasteiger charge is -2.34. The van der Waals surface area contributed by atoms with Crippen molar-refractivity contribution in [3.63, 3.8) is 0 Å². The molecule has 1 saturated heterocycles. The van der Waals surface area contributed by atoms with E-state index in [1.54, 1.807) is 0 Å². The third-order valence-corrected chi connectivity index (χ3v) is 6.14. The van der Waals surface area contributed by atoms with Crippen LogP contribution in [0, 0.1) is 12.8 Å². The Morgan fingerprint density at radius 2 is 2.03 bits per heavy atom. The summed E-state index contributed by atoms with van der Waals surface area (Å²) in [6, 6.07) is 4.77. The molecule has 1 aliphatic heterocycles. The van der Waals surface area contributed by atoms with Gasteiger partial charge < -0.3 is 19.9 Å². The van der Waals surface area contributed by atoms with Gasteiger partial charge in [0.1, 0.15) is 5.82 Å². The number of hydrogen-bond donors (Lipinski definition) is 2. The third-order valence-electron chi connectivity index (χ3n) is 5.04. The van der Waals surface area contributed by atoms with E-state index in [0.717, 1.165) is 51.2 Å². The zero-order valence-electron chi connectivity index (χ0n) is 18.4. The first kappa shape index (κ1) is 25.1. The molecule has 1 aliphatic rings. The molecule has 3 rings (SSSR count). The summed E-state index contributed by atoms with van der Waals surface area (Å²) in [7, 11) is 1.81. The van der Waals surface area contributed by atoms with Crippen molar-refractivity contribution in [2.24, 2.45) is 10.9 Å². The predicted octanol–water partition coefficient (Wildman–Crippen LogP) is 3.27. The van der Waals surface area contributed by atoms with Crippen LogP contribution >= 0.6 is 35.3 Å². The van der Waals surface area contributed by atoms with Gasteiger partial charge in [-0.05, 0) is 25.0 Å². The van der Waals surface area contributed by atoms with Crippen LogP contribution in [0.2, 0.25) is 0 Å². The average molecular weight is 547 g/mol. The van der Waals surface area contributed by atoms with Crippen LogP contribution < -0.4 is 10.6 Å². The molecular formula is C21H35IN6OS. The van der Waals surface area contributed by atoms with Crippen LogP contribution in [0.1, 0.15) is 35.5 Å². The van der Waals surface area contributed by atoms with Gasteiger partial charge in [0.25, 0.3) is 0 Å². The number of halogens is 1. The number of thiophene rings is 1. The maximum absolute atomic E-state index is 5.55. The van der Waals surface area contributed by atoms with Crippen LogP contribution in [0.4, 0.5) is 0 Å². The van der Waals surface area contributed by atoms with Gasteiger partial charge in [-0.15, -0.1) is 35.3 Å². The maximum Gasteiger partial charge on any atom is 0.191 e. The standard InChI is InChI=1S/C21H34N6OS.HI/c1-16(2)15-27-8-7-23-20(27)14-25-21(22-4)24-13-18(19-6-5-17(3)29-19)26-9-11-28-12-10-26;/h5-8,16,18H,9-15H2,1-4H3,(H2,22,24,25);1H. The van der Waals surface area contributed by atoms with Crippen molar-refractivity contribution >= 4 is 41.3 Å². The Labute approximate surface area is 201 Å². The number of aliphatic imine (C=N–C) groups is 1. The number of nitrogens with zero attached hydrogens (tertiary/aromatic N) is 4. The molecular weight excluding hydrogens is 511 g/mol. The topological polar surface area (TPSA) is 66.7 Å². The fourth-order valence-corrected chi connectivity index (χ4v) is 4.59. The number of rotatable bonds is 8. The molecule has 0 bridgehead atoms. The molecule has 30 heavy (non-hydrogen) atoms. The first-order valence-corrected chi connectivity index (χ1v) is 11.2. The van der Waals surface area contributed by atoms with Gasteiger partial charge in [-0.25, -0.2) is 4.98 Å². The highest BCUT2D eigenvalue weighted by atomic mass is 127. The highest BCUT2D eigenvalue weighted by molar-refractivity contribution is 14.0. The molecule has 3 heterocycles. The molecule has 0 saturated carbocycles. The minimum atomic E-state index is 0. The summed E-state index contributed by atoms with van der Waals surface area (Å²) >= 11 is 1.87. The van der Waals surface area contributed by atoms with Crippen molar-refractivity contribution < 1.29 is 4.74 Å². The molecule has 1 atom stereocenters. The van der Waals surface area contributed by atoms with Crippen molar-refractivity contribution in [1.29, 1.82) is 0 Å². The Hall–Kier alpha value is -1.17. The Morgan fingerprint density at radius 1 is 1.27 bits per heavy atom. The van der Waals surface area contributed by atoms with Crippen LogP contribution in [0.15, 0.2) is 29.5 Å². The maximum atomic E-state index is 5.55. The van der Waals surface area contributed by atoms with E-state index >= 15 is 0 Å². The van der Waals surface area contributed by atoms with Crippen molar-refractivity contribution in [3.05, 3.63) is 40.1 Å². The second kappa shape index (κ2) is 12.6. The molecule has 168 valence electrons. The fourth-order valence-electron chi connectivity index (χ4n) is 3.57. The Bertz CT molecular complexity index is 784. The molecule has 0 aliphatic carbocycles. The van der Waals surface area contributed by atoms with Gasteiger partial charge in [-0.2, -0.15) is 0 Å². The number of aryl methyl sites for hydroxylation is 1. The summed E-state index contributed by atoms with van der Waals surface area (Å²) < 4.78 is 7.76. The molecule has 1 unspecified atom stereocenters. The second-order valence-electron chi connectivity index (χ2n) is 7.81. The first-order chi connectivity index (χ1) is 14.1. The number of ether oxygens (including phenoxy) is 1. The number of morpholine rings is 1. The quantitative estimate of drug-likeness (QED) is 0.303. The van der Waals surface area contributed by atoms with E-state index in [0.29, 0.717) is 18.5 Å². The van der Waals surface area contributed by atoms with Gasteiger partial charge in [0.2, 0.25) is 0 Å². The molecule has 0 radical (unpaired) electrons. The molecule has 2 aromatic heterocycles. The van der Waals surface area contributed by atoms with Crippen molar-refractivity contribution in [2.75, 3.05) is 39.9 Å². The summed E-state index contributed by atoms with van der Waals surface area (Å²) in [6.45, 7) is 12.5. The van der Waals surface area contributed by atoms with E-state index in [4.69, 9.17) is 4.74 Å². The molecule has 0 spiro atoms. The van der Waals surface area contributed by atoms with E-state index in [-0.39, 0.29) is 24.0 Å². The van der Waals surface area contributed by atoms with Gasteiger partial charge in [0, 0.05) is 55.4 Å². The molecule has 0 amide bonds. The first-order valence-electron chi connectivity index (χ1n) is 10.4. The van der Waals surface area contributed by atoms with Crippen LogP contribution in [-0.4, -0.2) is 60.3 Å². The van der Waals surface area contributed by atoms with Crippen LogP contribution in [0.5, 0.6) is 0 Å². The van der Waals surface area contributed by atoms with E-state index in [2.05, 4.69) is 63.0 Å².